The van der Waals surface area contributed by atoms with Crippen molar-refractivity contribution in [1.29, 1.82) is 5.26 Å². The van der Waals surface area contributed by atoms with Crippen LogP contribution in [0.2, 0.25) is 0 Å². The lowest BCUT2D eigenvalue weighted by Gasteiger charge is -2.29. The molecule has 0 spiro atoms. The monoisotopic (exact) mass is 537 g/mol. The Morgan fingerprint density at radius 3 is 2.74 bits per heavy atom. The zero-order chi connectivity index (χ0) is 26.9. The summed E-state index contributed by atoms with van der Waals surface area (Å²) >= 11 is 0.932. The predicted molar refractivity (Wildman–Crippen MR) is 141 cm³/mol. The quantitative estimate of drug-likeness (QED) is 0.402. The largest absolute Gasteiger partial charge is 0.390 e. The Kier molecular flexibility index (Phi) is 5.92. The van der Waals surface area contributed by atoms with Crippen molar-refractivity contribution in [3.8, 4) is 17.3 Å². The van der Waals surface area contributed by atoms with E-state index in [0.29, 0.717) is 30.0 Å². The molecule has 3 aromatic heterocycles. The van der Waals surface area contributed by atoms with Crippen LogP contribution >= 0.6 is 11.3 Å². The van der Waals surface area contributed by atoms with Gasteiger partial charge >= 0.3 is 0 Å². The third kappa shape index (κ3) is 3.61. The van der Waals surface area contributed by atoms with Crippen LogP contribution in [0.5, 0.6) is 0 Å². The van der Waals surface area contributed by atoms with Crippen LogP contribution in [0, 0.1) is 23.0 Å². The van der Waals surface area contributed by atoms with E-state index in [2.05, 4.69) is 33.7 Å². The third-order valence-electron chi connectivity index (χ3n) is 7.61. The van der Waals surface area contributed by atoms with Crippen molar-refractivity contribution < 1.29 is 18.6 Å². The van der Waals surface area contributed by atoms with Crippen LogP contribution in [-0.4, -0.2) is 63.3 Å². The van der Waals surface area contributed by atoms with Crippen LogP contribution in [0.3, 0.4) is 0 Å². The number of anilines is 2. The average molecular weight is 538 g/mol. The van der Waals surface area contributed by atoms with Crippen LogP contribution in [0.4, 0.5) is 19.7 Å². The van der Waals surface area contributed by atoms with Gasteiger partial charge in [-0.25, -0.2) is 18.7 Å². The lowest BCUT2D eigenvalue weighted by atomic mass is 9.94. The van der Waals surface area contributed by atoms with Gasteiger partial charge in [-0.1, -0.05) is 0 Å². The van der Waals surface area contributed by atoms with Crippen molar-refractivity contribution in [2.75, 3.05) is 30.8 Å². The van der Waals surface area contributed by atoms with Gasteiger partial charge in [-0.05, 0) is 32.0 Å². The number of aromatic nitrogens is 3. The van der Waals surface area contributed by atoms with Crippen LogP contribution in [0.15, 0.2) is 12.4 Å². The molecular formula is C26H25F2N7O2S. The molecule has 5 heterocycles. The van der Waals surface area contributed by atoms with Crippen molar-refractivity contribution in [3.63, 3.8) is 0 Å². The predicted octanol–water partition coefficient (Wildman–Crippen LogP) is 3.56. The number of nitrogens with two attached hydrogens (primary N) is 1. The molecule has 196 valence electrons. The fraction of sp³-hybridized carbons (Fsp3) is 0.385. The number of pyridine rings is 1. The Morgan fingerprint density at radius 1 is 1.24 bits per heavy atom. The highest BCUT2D eigenvalue weighted by Crippen LogP contribution is 2.45. The Morgan fingerprint density at radius 2 is 2.00 bits per heavy atom. The lowest BCUT2D eigenvalue weighted by molar-refractivity contribution is 0.0823. The molecular weight excluding hydrogens is 512 g/mol. The van der Waals surface area contributed by atoms with E-state index in [1.54, 1.807) is 6.20 Å². The third-order valence-corrected chi connectivity index (χ3v) is 8.64. The number of nitrogen functional groups attached to an aromatic ring is 1. The number of nitrogens with zero attached hydrogens (tertiary/aromatic N) is 6. The molecule has 0 aliphatic carbocycles. The van der Waals surface area contributed by atoms with Crippen LogP contribution in [0.1, 0.15) is 30.5 Å². The van der Waals surface area contributed by atoms with E-state index in [0.717, 1.165) is 23.1 Å². The van der Waals surface area contributed by atoms with Gasteiger partial charge in [-0.3, -0.25) is 9.88 Å². The lowest BCUT2D eigenvalue weighted by Crippen LogP contribution is -2.44. The van der Waals surface area contributed by atoms with Gasteiger partial charge in [0, 0.05) is 41.7 Å². The second kappa shape index (κ2) is 9.06. The number of β-amino-alcohol motifs (C(OH)–C–C–N with tert-alkyl or cyclic N) is 1. The number of halogens is 2. The highest BCUT2D eigenvalue weighted by Gasteiger charge is 2.37. The van der Waals surface area contributed by atoms with Gasteiger partial charge in [0.25, 0.3) is 0 Å². The minimum absolute atomic E-state index is 0.0638. The first-order valence-electron chi connectivity index (χ1n) is 12.2. The summed E-state index contributed by atoms with van der Waals surface area (Å²) in [6, 6.07) is 2.13. The molecule has 12 heteroatoms. The SMILES string of the molecule is CC(C)N(C)[C@H]1CN(c2ncc3c4c(c(-c5ncc(F)c6sc(N)c(C#N)c56)c(F)c3n2)COC4)C[C@@H]1O. The number of rotatable bonds is 4. The first kappa shape index (κ1) is 24.8. The van der Waals surface area contributed by atoms with Gasteiger partial charge in [0.2, 0.25) is 5.95 Å². The van der Waals surface area contributed by atoms with Crippen molar-refractivity contribution >= 4 is 43.3 Å². The number of fused-ring (bicyclic) bond motifs is 4. The maximum Gasteiger partial charge on any atom is 0.226 e. The van der Waals surface area contributed by atoms with Crippen LogP contribution < -0.4 is 10.6 Å². The molecule has 1 aromatic carbocycles. The molecule has 4 aromatic rings. The number of benzene rings is 1. The van der Waals surface area contributed by atoms with Gasteiger partial charge in [-0.15, -0.1) is 11.3 Å². The minimum Gasteiger partial charge on any atom is -0.390 e. The van der Waals surface area contributed by atoms with Gasteiger partial charge in [0.15, 0.2) is 11.6 Å². The molecule has 2 aliphatic heterocycles. The molecule has 0 radical (unpaired) electrons. The van der Waals surface area contributed by atoms with E-state index in [4.69, 9.17) is 10.5 Å². The second-order valence-corrected chi connectivity index (χ2v) is 11.0. The van der Waals surface area contributed by atoms with E-state index < -0.39 is 17.7 Å². The minimum atomic E-state index is -0.655. The van der Waals surface area contributed by atoms with Crippen LogP contribution in [0.25, 0.3) is 32.2 Å². The summed E-state index contributed by atoms with van der Waals surface area (Å²) in [5.41, 5.74) is 7.68. The Balaban J connectivity index is 1.54. The molecule has 9 nitrogen and oxygen atoms in total. The Hall–Kier alpha value is -3.50. The number of nitriles is 1. The van der Waals surface area contributed by atoms with Crippen molar-refractivity contribution in [2.45, 2.75) is 45.2 Å². The molecule has 6 rings (SSSR count). The average Bonchev–Trinajstić information content (AvgIpc) is 3.61. The van der Waals surface area contributed by atoms with E-state index in [9.17, 15) is 14.8 Å². The summed E-state index contributed by atoms with van der Waals surface area (Å²) in [5.74, 6) is -0.985. The smallest absolute Gasteiger partial charge is 0.226 e. The van der Waals surface area contributed by atoms with E-state index in [1.165, 1.54) is 0 Å². The van der Waals surface area contributed by atoms with Gasteiger partial charge in [0.05, 0.1) is 47.5 Å². The fourth-order valence-electron chi connectivity index (χ4n) is 5.41. The number of hydrogen-bond donors (Lipinski definition) is 2. The molecule has 2 aliphatic rings. The maximum atomic E-state index is 16.5. The molecule has 0 saturated carbocycles. The standard InChI is InChI=1S/C26H25F2N7O2S/c1-11(2)34(3)17-7-35(8-18(17)36)26-32-5-13-14-9-37-10-15(14)19(21(28)22(13)33-26)23-20-12(4-29)25(30)38-24(20)16(27)6-31-23/h5-6,11,17-18,36H,7-10,30H2,1-3H3/t17-,18-/m0/s1. The molecule has 0 amide bonds. The number of aliphatic hydroxyl groups excluding tert-OH is 1. The van der Waals surface area contributed by atoms with Crippen molar-refractivity contribution in [1.82, 2.24) is 19.9 Å². The van der Waals surface area contributed by atoms with E-state index in [1.807, 2.05) is 18.0 Å². The number of thiophene rings is 1. The summed E-state index contributed by atoms with van der Waals surface area (Å²) in [4.78, 5) is 17.3. The fourth-order valence-corrected chi connectivity index (χ4v) is 6.33. The summed E-state index contributed by atoms with van der Waals surface area (Å²) < 4.78 is 36.9. The normalized spacial score (nSPS) is 19.3. The molecule has 2 atom stereocenters. The first-order valence-corrected chi connectivity index (χ1v) is 13.0. The summed E-state index contributed by atoms with van der Waals surface area (Å²) in [6.45, 7) is 5.27. The molecule has 38 heavy (non-hydrogen) atoms. The zero-order valence-corrected chi connectivity index (χ0v) is 21.8. The summed E-state index contributed by atoms with van der Waals surface area (Å²) in [6.07, 6.45) is 1.99. The van der Waals surface area contributed by atoms with Crippen molar-refractivity contribution in [2.24, 2.45) is 0 Å². The molecule has 0 bridgehead atoms. The summed E-state index contributed by atoms with van der Waals surface area (Å²) in [7, 11) is 1.96. The number of ether oxygens (including phenoxy) is 1. The molecule has 1 saturated heterocycles. The molecule has 0 unspecified atom stereocenters. The number of aliphatic hydroxyl groups is 1. The zero-order valence-electron chi connectivity index (χ0n) is 21.0. The van der Waals surface area contributed by atoms with Gasteiger partial charge in [0.1, 0.15) is 16.6 Å². The molecule has 3 N–H and O–H groups in total. The maximum absolute atomic E-state index is 16.5. The van der Waals surface area contributed by atoms with Gasteiger partial charge in [-0.2, -0.15) is 5.26 Å². The number of hydrogen-bond acceptors (Lipinski definition) is 10. The second-order valence-electron chi connectivity index (χ2n) is 9.98. The summed E-state index contributed by atoms with van der Waals surface area (Å²) in [5, 5.41) is 21.3. The Labute approximate surface area is 221 Å². The van der Waals surface area contributed by atoms with E-state index >= 15 is 4.39 Å². The number of likely N-dealkylation sites (N-methyl/N-ethyl adjacent to an activating group) is 1. The van der Waals surface area contributed by atoms with Crippen molar-refractivity contribution in [3.05, 3.63) is 40.7 Å². The molecule has 1 fully saturated rings. The highest BCUT2D eigenvalue weighted by atomic mass is 32.1. The highest BCUT2D eigenvalue weighted by molar-refractivity contribution is 7.23. The van der Waals surface area contributed by atoms with Gasteiger partial charge < -0.3 is 20.5 Å². The first-order chi connectivity index (χ1) is 18.2. The Bertz CT molecular complexity index is 1650. The van der Waals surface area contributed by atoms with Crippen LogP contribution in [-0.2, 0) is 18.0 Å². The topological polar surface area (TPSA) is 124 Å². The van der Waals surface area contributed by atoms with E-state index in [-0.39, 0.29) is 62.7 Å².